The maximum atomic E-state index is 12.8. The maximum Gasteiger partial charge on any atom is 0.490 e. The lowest BCUT2D eigenvalue weighted by atomic mass is 10.1. The van der Waals surface area contributed by atoms with E-state index in [1.54, 1.807) is 12.5 Å². The van der Waals surface area contributed by atoms with E-state index in [1.807, 2.05) is 36.2 Å². The number of hydrogen-bond acceptors (Lipinski definition) is 6. The molecule has 3 heterocycles. The molecular weight excluding hydrogens is 433 g/mol. The first-order chi connectivity index (χ1) is 15.2. The highest BCUT2D eigenvalue weighted by atomic mass is 19.4. The molecule has 2 aliphatic rings. The Labute approximate surface area is 181 Å². The highest BCUT2D eigenvalue weighted by Gasteiger charge is 2.45. The van der Waals surface area contributed by atoms with Gasteiger partial charge in [0.25, 0.3) is 5.91 Å². The average molecular weight is 456 g/mol. The van der Waals surface area contributed by atoms with E-state index < -0.39 is 12.1 Å². The summed E-state index contributed by atoms with van der Waals surface area (Å²) in [5.74, 6) is -2.37. The lowest BCUT2D eigenvalue weighted by molar-refractivity contribution is -0.192. The van der Waals surface area contributed by atoms with E-state index >= 15 is 0 Å². The van der Waals surface area contributed by atoms with E-state index in [2.05, 4.69) is 4.98 Å². The number of carbonyl (C=O) groups excluding carboxylic acids is 1. The molecule has 1 aliphatic heterocycles. The number of halogens is 3. The summed E-state index contributed by atoms with van der Waals surface area (Å²) in [4.78, 5) is 27.7. The van der Waals surface area contributed by atoms with Crippen LogP contribution in [0.25, 0.3) is 0 Å². The summed E-state index contributed by atoms with van der Waals surface area (Å²) < 4.78 is 49.2. The number of alkyl halides is 3. The van der Waals surface area contributed by atoms with Crippen LogP contribution in [0.1, 0.15) is 34.5 Å². The molecule has 1 aliphatic carbocycles. The number of carboxylic acids is 1. The molecule has 2 aromatic heterocycles. The summed E-state index contributed by atoms with van der Waals surface area (Å²) >= 11 is 0. The van der Waals surface area contributed by atoms with Crippen molar-refractivity contribution in [2.24, 2.45) is 0 Å². The minimum atomic E-state index is -5.08. The number of ether oxygens (including phenoxy) is 2. The van der Waals surface area contributed by atoms with Crippen LogP contribution in [0.2, 0.25) is 0 Å². The van der Waals surface area contributed by atoms with Crippen LogP contribution in [0.15, 0.2) is 41.3 Å². The van der Waals surface area contributed by atoms with Gasteiger partial charge in [0.1, 0.15) is 6.10 Å². The average Bonchev–Trinajstić information content (AvgIpc) is 3.38. The number of hydrogen-bond donors (Lipinski definition) is 1. The molecule has 0 bridgehead atoms. The Balaban J connectivity index is 0.000000360. The Morgan fingerprint density at radius 2 is 2.06 bits per heavy atom. The lowest BCUT2D eigenvalue weighted by Crippen LogP contribution is -2.53. The topological polar surface area (TPSA) is 102 Å². The van der Waals surface area contributed by atoms with Gasteiger partial charge in [0.2, 0.25) is 0 Å². The number of carboxylic acid groups (broad SMARTS) is 1. The van der Waals surface area contributed by atoms with Crippen molar-refractivity contribution in [2.45, 2.75) is 50.8 Å². The van der Waals surface area contributed by atoms with Gasteiger partial charge in [-0.1, -0.05) is 6.07 Å². The predicted molar refractivity (Wildman–Crippen MR) is 104 cm³/mol. The molecule has 0 aromatic carbocycles. The molecule has 1 saturated heterocycles. The van der Waals surface area contributed by atoms with E-state index in [4.69, 9.17) is 23.8 Å². The molecule has 4 rings (SSSR count). The molecule has 1 saturated carbocycles. The summed E-state index contributed by atoms with van der Waals surface area (Å²) in [5.41, 5.74) is 1.91. The number of rotatable bonds is 4. The number of aromatic nitrogens is 1. The van der Waals surface area contributed by atoms with E-state index in [0.717, 1.165) is 24.0 Å². The van der Waals surface area contributed by atoms with Gasteiger partial charge < -0.3 is 23.9 Å². The Morgan fingerprint density at radius 1 is 1.31 bits per heavy atom. The molecule has 0 unspecified atom stereocenters. The van der Waals surface area contributed by atoms with Crippen molar-refractivity contribution in [1.82, 2.24) is 9.88 Å². The number of amides is 1. The second kappa shape index (κ2) is 10.1. The van der Waals surface area contributed by atoms with Gasteiger partial charge in [0, 0.05) is 24.5 Å². The number of fused-ring (bicyclic) bond motifs is 1. The van der Waals surface area contributed by atoms with Crippen LogP contribution in [0.5, 0.6) is 0 Å². The smallest absolute Gasteiger partial charge is 0.475 e. The molecule has 11 heteroatoms. The molecule has 3 atom stereocenters. The molecule has 1 amide bonds. The van der Waals surface area contributed by atoms with Gasteiger partial charge in [0.15, 0.2) is 5.76 Å². The normalized spacial score (nSPS) is 22.6. The van der Waals surface area contributed by atoms with E-state index in [0.29, 0.717) is 25.5 Å². The van der Waals surface area contributed by atoms with Gasteiger partial charge in [0.05, 0.1) is 31.6 Å². The highest BCUT2D eigenvalue weighted by molar-refractivity contribution is 5.93. The minimum Gasteiger partial charge on any atom is -0.475 e. The standard InChI is InChI=1S/C19H22N2O4.C2HF3O2/c1-13-6-9-23-17(13)19(22)21-8-10-24-18-15(21)4-5-16(18)25-12-14-3-2-7-20-11-14;3-2(4,5)1(6)7/h2-3,6-7,9,11,15-16,18H,4-5,8,10,12H2,1H3;(H,6,7)/t15-,16-,18+;/m0./s1. The highest BCUT2D eigenvalue weighted by Crippen LogP contribution is 2.33. The van der Waals surface area contributed by atoms with Crippen molar-refractivity contribution in [3.05, 3.63) is 53.7 Å². The second-order valence-electron chi connectivity index (χ2n) is 7.43. The fraction of sp³-hybridized carbons (Fsp3) is 0.476. The Bertz CT molecular complexity index is 918. The number of carbonyl (C=O) groups is 2. The van der Waals surface area contributed by atoms with Gasteiger partial charge in [-0.3, -0.25) is 9.78 Å². The number of aliphatic carboxylic acids is 1. The van der Waals surface area contributed by atoms with Crippen LogP contribution in [-0.4, -0.2) is 64.4 Å². The molecule has 2 aromatic rings. The van der Waals surface area contributed by atoms with Gasteiger partial charge >= 0.3 is 12.1 Å². The summed E-state index contributed by atoms with van der Waals surface area (Å²) in [6, 6.07) is 5.76. The minimum absolute atomic E-state index is 0.00139. The van der Waals surface area contributed by atoms with Gasteiger partial charge in [-0.15, -0.1) is 0 Å². The molecule has 0 radical (unpaired) electrons. The first-order valence-electron chi connectivity index (χ1n) is 9.95. The first-order valence-corrected chi connectivity index (χ1v) is 9.95. The lowest BCUT2D eigenvalue weighted by Gasteiger charge is -2.38. The fourth-order valence-electron chi connectivity index (χ4n) is 3.76. The zero-order chi connectivity index (χ0) is 23.3. The quantitative estimate of drug-likeness (QED) is 0.754. The van der Waals surface area contributed by atoms with Crippen molar-refractivity contribution in [2.75, 3.05) is 13.2 Å². The number of aryl methyl sites for hydroxylation is 1. The van der Waals surface area contributed by atoms with Crippen molar-refractivity contribution in [3.63, 3.8) is 0 Å². The van der Waals surface area contributed by atoms with Crippen LogP contribution in [0, 0.1) is 6.92 Å². The SMILES string of the molecule is Cc1ccoc1C(=O)N1CCO[C@H]2[C@@H](OCc3cccnc3)CC[C@@H]21.O=C(O)C(F)(F)F. The first kappa shape index (κ1) is 23.7. The van der Waals surface area contributed by atoms with Gasteiger partial charge in [-0.25, -0.2) is 4.79 Å². The summed E-state index contributed by atoms with van der Waals surface area (Å²) in [6.45, 7) is 3.52. The monoisotopic (exact) mass is 456 g/mol. The van der Waals surface area contributed by atoms with E-state index in [9.17, 15) is 18.0 Å². The van der Waals surface area contributed by atoms with E-state index in [-0.39, 0.29) is 24.2 Å². The third-order valence-electron chi connectivity index (χ3n) is 5.28. The third kappa shape index (κ3) is 5.65. The van der Waals surface area contributed by atoms with Gasteiger partial charge in [-0.2, -0.15) is 13.2 Å². The molecule has 8 nitrogen and oxygen atoms in total. The van der Waals surface area contributed by atoms with Crippen molar-refractivity contribution >= 4 is 11.9 Å². The fourth-order valence-corrected chi connectivity index (χ4v) is 3.76. The summed E-state index contributed by atoms with van der Waals surface area (Å²) in [5, 5.41) is 7.12. The van der Waals surface area contributed by atoms with E-state index in [1.165, 1.54) is 0 Å². The second-order valence-corrected chi connectivity index (χ2v) is 7.43. The number of furan rings is 1. The Morgan fingerprint density at radius 3 is 2.66 bits per heavy atom. The number of nitrogens with zero attached hydrogens (tertiary/aromatic N) is 2. The molecular formula is C21H23F3N2O6. The third-order valence-corrected chi connectivity index (χ3v) is 5.28. The van der Waals surface area contributed by atoms with Crippen LogP contribution >= 0.6 is 0 Å². The largest absolute Gasteiger partial charge is 0.490 e. The molecule has 0 spiro atoms. The summed E-state index contributed by atoms with van der Waals surface area (Å²) in [7, 11) is 0. The molecule has 1 N–H and O–H groups in total. The zero-order valence-electron chi connectivity index (χ0n) is 17.2. The van der Waals surface area contributed by atoms with Crippen molar-refractivity contribution in [1.29, 1.82) is 0 Å². The molecule has 2 fully saturated rings. The van der Waals surface area contributed by atoms with Crippen molar-refractivity contribution in [3.8, 4) is 0 Å². The van der Waals surface area contributed by atoms with Crippen molar-refractivity contribution < 1.29 is 41.8 Å². The molecule has 32 heavy (non-hydrogen) atoms. The van der Waals surface area contributed by atoms with Crippen LogP contribution in [0.3, 0.4) is 0 Å². The Kier molecular flexibility index (Phi) is 7.52. The maximum absolute atomic E-state index is 12.8. The number of morpholine rings is 1. The predicted octanol–water partition coefficient (Wildman–Crippen LogP) is 3.21. The van der Waals surface area contributed by atoms with Gasteiger partial charge in [-0.05, 0) is 37.5 Å². The zero-order valence-corrected chi connectivity index (χ0v) is 17.2. The summed E-state index contributed by atoms with van der Waals surface area (Å²) in [6.07, 6.45) is 1.73. The van der Waals surface area contributed by atoms with Crippen LogP contribution in [0.4, 0.5) is 13.2 Å². The Hall–Kier alpha value is -2.92. The van der Waals surface area contributed by atoms with Crippen LogP contribution in [-0.2, 0) is 20.9 Å². The van der Waals surface area contributed by atoms with Crippen LogP contribution < -0.4 is 0 Å². The molecule has 174 valence electrons. The number of pyridine rings is 1.